The Morgan fingerprint density at radius 2 is 1.76 bits per heavy atom. The summed E-state index contributed by atoms with van der Waals surface area (Å²) < 4.78 is 0. The second-order valence-corrected chi connectivity index (χ2v) is 5.59. The number of hydrogen-bond donors (Lipinski definition) is 1. The average Bonchev–Trinajstić information content (AvgIpc) is 2.45. The zero-order chi connectivity index (χ0) is 15.4. The average molecular weight is 303 g/mol. The second kappa shape index (κ2) is 6.74. The number of rotatable bonds is 4. The SMILES string of the molecule is Cc1c(Cl)cccc1NC(=O)C(c1ccccc1)N(C)C. The van der Waals surface area contributed by atoms with Crippen molar-refractivity contribution in [3.8, 4) is 0 Å². The van der Waals surface area contributed by atoms with Gasteiger partial charge in [0.1, 0.15) is 6.04 Å². The number of carbonyl (C=O) groups excluding carboxylic acids is 1. The summed E-state index contributed by atoms with van der Waals surface area (Å²) in [7, 11) is 3.78. The predicted molar refractivity (Wildman–Crippen MR) is 87.7 cm³/mol. The topological polar surface area (TPSA) is 32.3 Å². The van der Waals surface area contributed by atoms with E-state index in [1.165, 1.54) is 0 Å². The van der Waals surface area contributed by atoms with Gasteiger partial charge in [0, 0.05) is 10.7 Å². The van der Waals surface area contributed by atoms with E-state index >= 15 is 0 Å². The van der Waals surface area contributed by atoms with Gasteiger partial charge >= 0.3 is 0 Å². The normalized spacial score (nSPS) is 12.2. The highest BCUT2D eigenvalue weighted by molar-refractivity contribution is 6.31. The summed E-state index contributed by atoms with van der Waals surface area (Å²) in [5, 5.41) is 3.61. The highest BCUT2D eigenvalue weighted by atomic mass is 35.5. The van der Waals surface area contributed by atoms with Gasteiger partial charge in [-0.15, -0.1) is 0 Å². The van der Waals surface area contributed by atoms with Crippen LogP contribution < -0.4 is 5.32 Å². The standard InChI is InChI=1S/C17H19ClN2O/c1-12-14(18)10-7-11-15(12)19-17(21)16(20(2)3)13-8-5-4-6-9-13/h4-11,16H,1-3H3,(H,19,21). The summed E-state index contributed by atoms with van der Waals surface area (Å²) in [4.78, 5) is 14.5. The van der Waals surface area contributed by atoms with Crippen molar-refractivity contribution in [2.75, 3.05) is 19.4 Å². The van der Waals surface area contributed by atoms with Gasteiger partial charge in [0.25, 0.3) is 0 Å². The number of hydrogen-bond acceptors (Lipinski definition) is 2. The van der Waals surface area contributed by atoms with E-state index in [0.29, 0.717) is 5.02 Å². The number of amides is 1. The molecule has 1 amide bonds. The molecule has 0 aliphatic rings. The van der Waals surface area contributed by atoms with Crippen LogP contribution in [0, 0.1) is 6.92 Å². The van der Waals surface area contributed by atoms with Crippen molar-refractivity contribution in [1.29, 1.82) is 0 Å². The zero-order valence-electron chi connectivity index (χ0n) is 12.4. The van der Waals surface area contributed by atoms with Crippen LogP contribution in [0.25, 0.3) is 0 Å². The van der Waals surface area contributed by atoms with Gasteiger partial charge in [-0.1, -0.05) is 48.0 Å². The molecule has 1 atom stereocenters. The number of nitrogens with one attached hydrogen (secondary N) is 1. The molecule has 0 aliphatic heterocycles. The van der Waals surface area contributed by atoms with Crippen LogP contribution in [0.3, 0.4) is 0 Å². The Morgan fingerprint density at radius 1 is 1.10 bits per heavy atom. The van der Waals surface area contributed by atoms with Crippen LogP contribution in [-0.4, -0.2) is 24.9 Å². The maximum Gasteiger partial charge on any atom is 0.246 e. The molecule has 1 unspecified atom stereocenters. The van der Waals surface area contributed by atoms with Crippen molar-refractivity contribution in [1.82, 2.24) is 4.90 Å². The van der Waals surface area contributed by atoms with Crippen molar-refractivity contribution < 1.29 is 4.79 Å². The largest absolute Gasteiger partial charge is 0.324 e. The molecule has 3 nitrogen and oxygen atoms in total. The number of likely N-dealkylation sites (N-methyl/N-ethyl adjacent to an activating group) is 1. The van der Waals surface area contributed by atoms with Gasteiger partial charge in [-0.05, 0) is 44.3 Å². The van der Waals surface area contributed by atoms with Gasteiger partial charge in [0.2, 0.25) is 5.91 Å². The molecular weight excluding hydrogens is 284 g/mol. The first-order valence-corrected chi connectivity index (χ1v) is 7.16. The fourth-order valence-corrected chi connectivity index (χ4v) is 2.44. The van der Waals surface area contributed by atoms with Crippen molar-refractivity contribution in [3.05, 3.63) is 64.7 Å². The molecule has 1 N–H and O–H groups in total. The molecule has 0 aliphatic carbocycles. The Hall–Kier alpha value is -1.84. The van der Waals surface area contributed by atoms with E-state index in [9.17, 15) is 4.79 Å². The lowest BCUT2D eigenvalue weighted by Gasteiger charge is -2.24. The number of benzene rings is 2. The summed E-state index contributed by atoms with van der Waals surface area (Å²) in [6.45, 7) is 1.89. The van der Waals surface area contributed by atoms with E-state index in [1.807, 2.05) is 74.4 Å². The minimum absolute atomic E-state index is 0.0726. The zero-order valence-corrected chi connectivity index (χ0v) is 13.2. The van der Waals surface area contributed by atoms with E-state index in [0.717, 1.165) is 16.8 Å². The van der Waals surface area contributed by atoms with Crippen molar-refractivity contribution in [2.24, 2.45) is 0 Å². The molecule has 0 saturated heterocycles. The lowest BCUT2D eigenvalue weighted by atomic mass is 10.0. The first kappa shape index (κ1) is 15.5. The van der Waals surface area contributed by atoms with E-state index in [1.54, 1.807) is 0 Å². The molecule has 0 aromatic heterocycles. The summed E-state index contributed by atoms with van der Waals surface area (Å²) >= 11 is 6.09. The quantitative estimate of drug-likeness (QED) is 0.929. The summed E-state index contributed by atoms with van der Waals surface area (Å²) in [5.74, 6) is -0.0726. The molecule has 0 spiro atoms. The maximum absolute atomic E-state index is 12.6. The first-order chi connectivity index (χ1) is 10.0. The fourth-order valence-electron chi connectivity index (χ4n) is 2.26. The third kappa shape index (κ3) is 3.63. The van der Waals surface area contributed by atoms with Crippen molar-refractivity contribution >= 4 is 23.2 Å². The van der Waals surface area contributed by atoms with E-state index in [4.69, 9.17) is 11.6 Å². The molecule has 0 bridgehead atoms. The van der Waals surface area contributed by atoms with E-state index in [-0.39, 0.29) is 11.9 Å². The minimum Gasteiger partial charge on any atom is -0.324 e. The van der Waals surface area contributed by atoms with Gasteiger partial charge in [-0.2, -0.15) is 0 Å². The monoisotopic (exact) mass is 302 g/mol. The number of nitrogens with zero attached hydrogens (tertiary/aromatic N) is 1. The lowest BCUT2D eigenvalue weighted by Crippen LogP contribution is -2.32. The van der Waals surface area contributed by atoms with Crippen LogP contribution in [0.4, 0.5) is 5.69 Å². The molecule has 110 valence electrons. The molecule has 2 rings (SSSR count). The Morgan fingerprint density at radius 3 is 2.38 bits per heavy atom. The molecular formula is C17H19ClN2O. The Labute approximate surface area is 130 Å². The van der Waals surface area contributed by atoms with Crippen molar-refractivity contribution in [2.45, 2.75) is 13.0 Å². The van der Waals surface area contributed by atoms with E-state index < -0.39 is 0 Å². The maximum atomic E-state index is 12.6. The highest BCUT2D eigenvalue weighted by Crippen LogP contribution is 2.25. The number of anilines is 1. The number of carbonyl (C=O) groups is 1. The molecule has 2 aromatic carbocycles. The van der Waals surface area contributed by atoms with Gasteiger partial charge < -0.3 is 5.32 Å². The summed E-state index contributed by atoms with van der Waals surface area (Å²) in [5.41, 5.74) is 2.58. The third-order valence-electron chi connectivity index (χ3n) is 3.41. The summed E-state index contributed by atoms with van der Waals surface area (Å²) in [6.07, 6.45) is 0. The molecule has 4 heteroatoms. The molecule has 0 fully saturated rings. The van der Waals surface area contributed by atoms with Crippen LogP contribution in [0.5, 0.6) is 0 Å². The van der Waals surface area contributed by atoms with Crippen LogP contribution in [0.15, 0.2) is 48.5 Å². The molecule has 21 heavy (non-hydrogen) atoms. The van der Waals surface area contributed by atoms with E-state index in [2.05, 4.69) is 5.32 Å². The lowest BCUT2D eigenvalue weighted by molar-refractivity contribution is -0.120. The Kier molecular flexibility index (Phi) is 4.99. The molecule has 0 heterocycles. The predicted octanol–water partition coefficient (Wildman–Crippen LogP) is 3.89. The number of halogens is 1. The van der Waals surface area contributed by atoms with Gasteiger partial charge in [0.15, 0.2) is 0 Å². The highest BCUT2D eigenvalue weighted by Gasteiger charge is 2.23. The Bertz CT molecular complexity index is 626. The van der Waals surface area contributed by atoms with Crippen LogP contribution in [-0.2, 0) is 4.79 Å². The van der Waals surface area contributed by atoms with Gasteiger partial charge in [0.05, 0.1) is 0 Å². The van der Waals surface area contributed by atoms with Crippen molar-refractivity contribution in [3.63, 3.8) is 0 Å². The summed E-state index contributed by atoms with van der Waals surface area (Å²) in [6, 6.07) is 14.9. The third-order valence-corrected chi connectivity index (χ3v) is 3.82. The van der Waals surface area contributed by atoms with Gasteiger partial charge in [-0.25, -0.2) is 0 Å². The smallest absolute Gasteiger partial charge is 0.246 e. The second-order valence-electron chi connectivity index (χ2n) is 5.18. The van der Waals surface area contributed by atoms with Crippen LogP contribution in [0.1, 0.15) is 17.2 Å². The fraction of sp³-hybridized carbons (Fsp3) is 0.235. The molecule has 0 saturated carbocycles. The molecule has 2 aromatic rings. The molecule has 0 radical (unpaired) electrons. The minimum atomic E-state index is -0.343. The Balaban J connectivity index is 2.26. The van der Waals surface area contributed by atoms with Gasteiger partial charge in [-0.3, -0.25) is 9.69 Å². The van der Waals surface area contributed by atoms with Crippen LogP contribution in [0.2, 0.25) is 5.02 Å². The van der Waals surface area contributed by atoms with Crippen LogP contribution >= 0.6 is 11.6 Å². The first-order valence-electron chi connectivity index (χ1n) is 6.78.